The number of carboxylic acid groups (broad SMARTS) is 1. The fourth-order valence-electron chi connectivity index (χ4n) is 1.52. The van der Waals surface area contributed by atoms with Gasteiger partial charge in [0.1, 0.15) is 23.9 Å². The molecule has 1 aromatic carbocycles. The maximum absolute atomic E-state index is 13.1. The topological polar surface area (TPSA) is 68.0 Å². The molecule has 5 nitrogen and oxygen atoms in total. The first-order valence-electron chi connectivity index (χ1n) is 4.96. The molecule has 0 saturated carbocycles. The SMILES string of the molecule is Cc1nc(CC(=O)O)n(-c2cccc(F)c2)n1. The molecule has 0 fully saturated rings. The molecule has 0 aliphatic rings. The Labute approximate surface area is 96.5 Å². The molecule has 2 aromatic rings. The lowest BCUT2D eigenvalue weighted by atomic mass is 10.3. The molecule has 1 heterocycles. The molecular formula is C11H10FN3O2. The molecule has 17 heavy (non-hydrogen) atoms. The second kappa shape index (κ2) is 4.32. The summed E-state index contributed by atoms with van der Waals surface area (Å²) in [7, 11) is 0. The molecule has 88 valence electrons. The molecule has 0 unspecified atom stereocenters. The summed E-state index contributed by atoms with van der Waals surface area (Å²) in [6.07, 6.45) is -0.253. The van der Waals surface area contributed by atoms with Crippen molar-refractivity contribution in [3.8, 4) is 5.69 Å². The standard InChI is InChI=1S/C11H10FN3O2/c1-7-13-10(6-11(16)17)15(14-7)9-4-2-3-8(12)5-9/h2-5H,6H2,1H3,(H,16,17). The summed E-state index contributed by atoms with van der Waals surface area (Å²) < 4.78 is 14.4. The number of benzene rings is 1. The zero-order chi connectivity index (χ0) is 12.4. The lowest BCUT2D eigenvalue weighted by Gasteiger charge is -2.03. The third kappa shape index (κ3) is 2.47. The number of hydrogen-bond acceptors (Lipinski definition) is 3. The van der Waals surface area contributed by atoms with E-state index in [2.05, 4.69) is 10.1 Å². The van der Waals surface area contributed by atoms with Crippen LogP contribution in [0, 0.1) is 12.7 Å². The predicted molar refractivity (Wildman–Crippen MR) is 57.4 cm³/mol. The van der Waals surface area contributed by atoms with Crippen LogP contribution in [0.3, 0.4) is 0 Å². The van der Waals surface area contributed by atoms with E-state index in [9.17, 15) is 9.18 Å². The summed E-state index contributed by atoms with van der Waals surface area (Å²) in [4.78, 5) is 14.7. The van der Waals surface area contributed by atoms with E-state index in [1.807, 2.05) is 0 Å². The van der Waals surface area contributed by atoms with Gasteiger partial charge in [-0.05, 0) is 25.1 Å². The summed E-state index contributed by atoms with van der Waals surface area (Å²) in [6.45, 7) is 1.65. The fraction of sp³-hybridized carbons (Fsp3) is 0.182. The smallest absolute Gasteiger partial charge is 0.311 e. The molecule has 6 heteroatoms. The molecule has 0 atom stereocenters. The molecule has 0 bridgehead atoms. The number of aromatic nitrogens is 3. The monoisotopic (exact) mass is 235 g/mol. The minimum atomic E-state index is -1.00. The van der Waals surface area contributed by atoms with Crippen LogP contribution in [0.5, 0.6) is 0 Å². The maximum atomic E-state index is 13.1. The maximum Gasteiger partial charge on any atom is 0.311 e. The highest BCUT2D eigenvalue weighted by atomic mass is 19.1. The van der Waals surface area contributed by atoms with Gasteiger partial charge < -0.3 is 5.11 Å². The van der Waals surface area contributed by atoms with Crippen molar-refractivity contribution in [2.75, 3.05) is 0 Å². The van der Waals surface area contributed by atoms with Crippen LogP contribution in [-0.4, -0.2) is 25.8 Å². The second-order valence-corrected chi connectivity index (χ2v) is 3.54. The molecule has 0 aliphatic carbocycles. The number of carbonyl (C=O) groups is 1. The van der Waals surface area contributed by atoms with Gasteiger partial charge in [0.2, 0.25) is 0 Å². The molecule has 1 N–H and O–H groups in total. The molecule has 1 aromatic heterocycles. The zero-order valence-corrected chi connectivity index (χ0v) is 9.09. The van der Waals surface area contributed by atoms with Crippen LogP contribution < -0.4 is 0 Å². The van der Waals surface area contributed by atoms with E-state index < -0.39 is 11.8 Å². The highest BCUT2D eigenvalue weighted by Crippen LogP contribution is 2.12. The Bertz CT molecular complexity index is 566. The Morgan fingerprint density at radius 1 is 1.53 bits per heavy atom. The number of halogens is 1. The Balaban J connectivity index is 2.47. The summed E-state index contributed by atoms with van der Waals surface area (Å²) in [6, 6.07) is 5.76. The van der Waals surface area contributed by atoms with Crippen molar-refractivity contribution in [3.63, 3.8) is 0 Å². The van der Waals surface area contributed by atoms with Gasteiger partial charge in [0.25, 0.3) is 0 Å². The Morgan fingerprint density at radius 2 is 2.29 bits per heavy atom. The van der Waals surface area contributed by atoms with Crippen LogP contribution in [0.4, 0.5) is 4.39 Å². The van der Waals surface area contributed by atoms with Crippen molar-refractivity contribution in [2.24, 2.45) is 0 Å². The van der Waals surface area contributed by atoms with Gasteiger partial charge in [0, 0.05) is 0 Å². The lowest BCUT2D eigenvalue weighted by Crippen LogP contribution is -2.09. The van der Waals surface area contributed by atoms with Crippen LogP contribution in [0.25, 0.3) is 5.69 Å². The van der Waals surface area contributed by atoms with Crippen molar-refractivity contribution < 1.29 is 14.3 Å². The van der Waals surface area contributed by atoms with Crippen molar-refractivity contribution in [1.82, 2.24) is 14.8 Å². The van der Waals surface area contributed by atoms with E-state index in [1.165, 1.54) is 22.9 Å². The molecule has 0 radical (unpaired) electrons. The van der Waals surface area contributed by atoms with E-state index in [-0.39, 0.29) is 12.2 Å². The van der Waals surface area contributed by atoms with Gasteiger partial charge in [-0.2, -0.15) is 5.10 Å². The fourth-order valence-corrected chi connectivity index (χ4v) is 1.52. The van der Waals surface area contributed by atoms with Gasteiger partial charge in [0.15, 0.2) is 0 Å². The first-order chi connectivity index (χ1) is 8.06. The number of nitrogens with zero attached hydrogens (tertiary/aromatic N) is 3. The van der Waals surface area contributed by atoms with Crippen LogP contribution in [0.15, 0.2) is 24.3 Å². The van der Waals surface area contributed by atoms with Crippen LogP contribution >= 0.6 is 0 Å². The van der Waals surface area contributed by atoms with Gasteiger partial charge in [-0.25, -0.2) is 14.1 Å². The van der Waals surface area contributed by atoms with Crippen molar-refractivity contribution in [1.29, 1.82) is 0 Å². The van der Waals surface area contributed by atoms with E-state index in [0.717, 1.165) is 0 Å². The van der Waals surface area contributed by atoms with Gasteiger partial charge >= 0.3 is 5.97 Å². The summed E-state index contributed by atoms with van der Waals surface area (Å²) in [5.41, 5.74) is 0.460. The summed E-state index contributed by atoms with van der Waals surface area (Å²) >= 11 is 0. The number of rotatable bonds is 3. The quantitative estimate of drug-likeness (QED) is 0.871. The predicted octanol–water partition coefficient (Wildman–Crippen LogP) is 1.34. The zero-order valence-electron chi connectivity index (χ0n) is 9.09. The van der Waals surface area contributed by atoms with Gasteiger partial charge in [-0.3, -0.25) is 4.79 Å². The molecule has 0 spiro atoms. The molecule has 0 saturated heterocycles. The highest BCUT2D eigenvalue weighted by Gasteiger charge is 2.12. The first kappa shape index (κ1) is 11.3. The molecule has 2 rings (SSSR count). The molecule has 0 amide bonds. The average Bonchev–Trinajstić information content (AvgIpc) is 2.58. The summed E-state index contributed by atoms with van der Waals surface area (Å²) in [5.74, 6) is -0.682. The highest BCUT2D eigenvalue weighted by molar-refractivity contribution is 5.69. The van der Waals surface area contributed by atoms with Crippen LogP contribution in [-0.2, 0) is 11.2 Å². The third-order valence-corrected chi connectivity index (χ3v) is 2.14. The Morgan fingerprint density at radius 3 is 2.94 bits per heavy atom. The lowest BCUT2D eigenvalue weighted by molar-refractivity contribution is -0.136. The number of carboxylic acids is 1. The minimum Gasteiger partial charge on any atom is -0.481 e. The number of aryl methyl sites for hydroxylation is 1. The third-order valence-electron chi connectivity index (χ3n) is 2.14. The summed E-state index contributed by atoms with van der Waals surface area (Å²) in [5, 5.41) is 12.8. The first-order valence-corrected chi connectivity index (χ1v) is 4.96. The average molecular weight is 235 g/mol. The van der Waals surface area contributed by atoms with Gasteiger partial charge in [-0.15, -0.1) is 0 Å². The van der Waals surface area contributed by atoms with Gasteiger partial charge in [0.05, 0.1) is 5.69 Å². The Hall–Kier alpha value is -2.24. The van der Waals surface area contributed by atoms with E-state index in [0.29, 0.717) is 11.5 Å². The van der Waals surface area contributed by atoms with Crippen molar-refractivity contribution in [2.45, 2.75) is 13.3 Å². The second-order valence-electron chi connectivity index (χ2n) is 3.54. The van der Waals surface area contributed by atoms with Crippen molar-refractivity contribution in [3.05, 3.63) is 41.7 Å². The van der Waals surface area contributed by atoms with E-state index in [1.54, 1.807) is 13.0 Å². The minimum absolute atomic E-state index is 0.253. The Kier molecular flexibility index (Phi) is 2.86. The van der Waals surface area contributed by atoms with Crippen LogP contribution in [0.1, 0.15) is 11.6 Å². The number of hydrogen-bond donors (Lipinski definition) is 1. The largest absolute Gasteiger partial charge is 0.481 e. The van der Waals surface area contributed by atoms with Gasteiger partial charge in [-0.1, -0.05) is 6.07 Å². The van der Waals surface area contributed by atoms with Crippen LogP contribution in [0.2, 0.25) is 0 Å². The molecule has 0 aliphatic heterocycles. The normalized spacial score (nSPS) is 10.5. The molecular weight excluding hydrogens is 225 g/mol. The van der Waals surface area contributed by atoms with E-state index in [4.69, 9.17) is 5.11 Å². The van der Waals surface area contributed by atoms with E-state index >= 15 is 0 Å². The number of aliphatic carboxylic acids is 1. The van der Waals surface area contributed by atoms with Crippen molar-refractivity contribution >= 4 is 5.97 Å².